The summed E-state index contributed by atoms with van der Waals surface area (Å²) in [7, 11) is -1.81. The molecule has 0 bridgehead atoms. The van der Waals surface area contributed by atoms with Crippen molar-refractivity contribution in [3.05, 3.63) is 0 Å². The van der Waals surface area contributed by atoms with Crippen LogP contribution in [0.1, 0.15) is 27.2 Å². The first-order valence-corrected chi connectivity index (χ1v) is 7.14. The van der Waals surface area contributed by atoms with Crippen molar-refractivity contribution in [2.75, 3.05) is 20.1 Å². The lowest BCUT2D eigenvalue weighted by Crippen LogP contribution is -2.50. The summed E-state index contributed by atoms with van der Waals surface area (Å²) in [5.41, 5.74) is 0.670. The van der Waals surface area contributed by atoms with Gasteiger partial charge in [-0.05, 0) is 13.8 Å². The van der Waals surface area contributed by atoms with Crippen LogP contribution in [0, 0.1) is 5.92 Å². The molecule has 1 N–H and O–H groups in total. The summed E-state index contributed by atoms with van der Waals surface area (Å²) in [6.45, 7) is 6.30. The zero-order valence-corrected chi connectivity index (χ0v) is 11.6. The standard InChI is InChI=1S/C10H21N3O3S/c1-8(2)12(4)17(15,16)13-6-5-10(11-14)9(3)7-13/h8-9,14H,5-7H2,1-4H3. The summed E-state index contributed by atoms with van der Waals surface area (Å²) in [5.74, 6) is -0.0379. The molecule has 1 rings (SSSR count). The highest BCUT2D eigenvalue weighted by Crippen LogP contribution is 2.19. The maximum atomic E-state index is 12.2. The van der Waals surface area contributed by atoms with E-state index in [1.165, 1.54) is 8.61 Å². The molecule has 6 nitrogen and oxygen atoms in total. The molecule has 1 fully saturated rings. The van der Waals surface area contributed by atoms with E-state index in [0.717, 1.165) is 0 Å². The third-order valence-corrected chi connectivity index (χ3v) is 5.34. The predicted molar refractivity (Wildman–Crippen MR) is 66.4 cm³/mol. The van der Waals surface area contributed by atoms with E-state index in [0.29, 0.717) is 25.2 Å². The smallest absolute Gasteiger partial charge is 0.281 e. The van der Waals surface area contributed by atoms with E-state index >= 15 is 0 Å². The number of rotatable bonds is 3. The van der Waals surface area contributed by atoms with Gasteiger partial charge in [-0.25, -0.2) is 0 Å². The van der Waals surface area contributed by atoms with Gasteiger partial charge in [0, 0.05) is 38.5 Å². The van der Waals surface area contributed by atoms with E-state index in [-0.39, 0.29) is 12.0 Å². The Kier molecular flexibility index (Phi) is 4.51. The van der Waals surface area contributed by atoms with Gasteiger partial charge in [0.15, 0.2) is 0 Å². The van der Waals surface area contributed by atoms with Crippen LogP contribution in [-0.2, 0) is 10.2 Å². The fraction of sp³-hybridized carbons (Fsp3) is 0.900. The largest absolute Gasteiger partial charge is 0.411 e. The van der Waals surface area contributed by atoms with Gasteiger partial charge in [-0.2, -0.15) is 17.0 Å². The minimum Gasteiger partial charge on any atom is -0.411 e. The van der Waals surface area contributed by atoms with E-state index in [9.17, 15) is 8.42 Å². The second kappa shape index (κ2) is 5.32. The number of nitrogens with zero attached hydrogens (tertiary/aromatic N) is 3. The topological polar surface area (TPSA) is 73.2 Å². The van der Waals surface area contributed by atoms with Crippen molar-refractivity contribution >= 4 is 15.9 Å². The minimum atomic E-state index is -3.40. The molecule has 0 aromatic rings. The molecule has 0 spiro atoms. The van der Waals surface area contributed by atoms with Gasteiger partial charge in [0.2, 0.25) is 0 Å². The Morgan fingerprint density at radius 3 is 2.53 bits per heavy atom. The van der Waals surface area contributed by atoms with Crippen molar-refractivity contribution in [3.63, 3.8) is 0 Å². The Bertz CT molecular complexity index is 392. The number of hydrogen-bond acceptors (Lipinski definition) is 4. The highest BCUT2D eigenvalue weighted by Gasteiger charge is 2.34. The number of oxime groups is 1. The third-order valence-electron chi connectivity index (χ3n) is 3.21. The molecular weight excluding hydrogens is 242 g/mol. The van der Waals surface area contributed by atoms with E-state index in [1.807, 2.05) is 20.8 Å². The molecule has 0 saturated carbocycles. The Labute approximate surface area is 103 Å². The molecule has 1 saturated heterocycles. The van der Waals surface area contributed by atoms with Gasteiger partial charge in [-0.3, -0.25) is 0 Å². The lowest BCUT2D eigenvalue weighted by Gasteiger charge is -2.34. The quantitative estimate of drug-likeness (QED) is 0.603. The van der Waals surface area contributed by atoms with Crippen molar-refractivity contribution in [2.24, 2.45) is 11.1 Å². The maximum absolute atomic E-state index is 12.2. The van der Waals surface area contributed by atoms with Gasteiger partial charge in [-0.1, -0.05) is 12.1 Å². The Morgan fingerprint density at radius 1 is 1.53 bits per heavy atom. The highest BCUT2D eigenvalue weighted by molar-refractivity contribution is 7.86. The normalized spacial score (nSPS) is 26.0. The Hall–Kier alpha value is -0.660. The SMILES string of the molecule is CC1CN(S(=O)(=O)N(C)C(C)C)CCC1=NO. The third kappa shape index (κ3) is 2.97. The number of piperidine rings is 1. The Balaban J connectivity index is 2.83. The summed E-state index contributed by atoms with van der Waals surface area (Å²) in [4.78, 5) is 0. The lowest BCUT2D eigenvalue weighted by atomic mass is 10.00. The molecule has 0 aromatic heterocycles. The first-order valence-electron chi connectivity index (χ1n) is 5.74. The van der Waals surface area contributed by atoms with Gasteiger partial charge in [0.1, 0.15) is 0 Å². The average molecular weight is 263 g/mol. The van der Waals surface area contributed by atoms with Crippen LogP contribution >= 0.6 is 0 Å². The van der Waals surface area contributed by atoms with Crippen LogP contribution in [-0.4, -0.2) is 54.1 Å². The first-order chi connectivity index (χ1) is 7.80. The first kappa shape index (κ1) is 14.4. The van der Waals surface area contributed by atoms with Crippen LogP contribution in [0.15, 0.2) is 5.16 Å². The van der Waals surface area contributed by atoms with E-state index in [1.54, 1.807) is 7.05 Å². The second-order valence-electron chi connectivity index (χ2n) is 4.72. The molecule has 0 amide bonds. The summed E-state index contributed by atoms with van der Waals surface area (Å²) in [6.07, 6.45) is 0.489. The second-order valence-corrected chi connectivity index (χ2v) is 6.71. The molecule has 0 aliphatic carbocycles. The van der Waals surface area contributed by atoms with Crippen LogP contribution < -0.4 is 0 Å². The van der Waals surface area contributed by atoms with Crippen molar-refractivity contribution in [3.8, 4) is 0 Å². The van der Waals surface area contributed by atoms with Gasteiger partial charge < -0.3 is 5.21 Å². The molecular formula is C10H21N3O3S. The summed E-state index contributed by atoms with van der Waals surface area (Å²) >= 11 is 0. The van der Waals surface area contributed by atoms with Crippen LogP contribution in [0.2, 0.25) is 0 Å². The minimum absolute atomic E-state index is 0.0379. The van der Waals surface area contributed by atoms with Gasteiger partial charge in [0.05, 0.1) is 5.71 Å². The fourth-order valence-electron chi connectivity index (χ4n) is 1.79. The summed E-state index contributed by atoms with van der Waals surface area (Å²) in [6, 6.07) is -0.0665. The number of hydrogen-bond donors (Lipinski definition) is 1. The Morgan fingerprint density at radius 2 is 2.12 bits per heavy atom. The zero-order chi connectivity index (χ0) is 13.2. The molecule has 0 aromatic carbocycles. The molecule has 7 heteroatoms. The molecule has 17 heavy (non-hydrogen) atoms. The summed E-state index contributed by atoms with van der Waals surface area (Å²) in [5, 5.41) is 12.0. The van der Waals surface area contributed by atoms with Crippen molar-refractivity contribution < 1.29 is 13.6 Å². The molecule has 0 radical (unpaired) electrons. The molecule has 1 aliphatic heterocycles. The van der Waals surface area contributed by atoms with Crippen molar-refractivity contribution in [2.45, 2.75) is 33.2 Å². The van der Waals surface area contributed by atoms with Crippen molar-refractivity contribution in [1.82, 2.24) is 8.61 Å². The van der Waals surface area contributed by atoms with Crippen LogP contribution in [0.3, 0.4) is 0 Å². The summed E-state index contributed by atoms with van der Waals surface area (Å²) < 4.78 is 27.2. The maximum Gasteiger partial charge on any atom is 0.281 e. The highest BCUT2D eigenvalue weighted by atomic mass is 32.2. The predicted octanol–water partition coefficient (Wildman–Crippen LogP) is 0.743. The molecule has 1 unspecified atom stereocenters. The van der Waals surface area contributed by atoms with Crippen LogP contribution in [0.4, 0.5) is 0 Å². The van der Waals surface area contributed by atoms with E-state index in [4.69, 9.17) is 5.21 Å². The van der Waals surface area contributed by atoms with Crippen LogP contribution in [0.5, 0.6) is 0 Å². The lowest BCUT2D eigenvalue weighted by molar-refractivity contribution is 0.289. The van der Waals surface area contributed by atoms with Crippen molar-refractivity contribution in [1.29, 1.82) is 0 Å². The molecule has 1 aliphatic rings. The molecule has 1 heterocycles. The average Bonchev–Trinajstić information content (AvgIpc) is 2.27. The van der Waals surface area contributed by atoms with Gasteiger partial charge >= 0.3 is 0 Å². The molecule has 100 valence electrons. The van der Waals surface area contributed by atoms with Crippen LogP contribution in [0.25, 0.3) is 0 Å². The van der Waals surface area contributed by atoms with Gasteiger partial charge in [0.25, 0.3) is 10.2 Å². The fourth-order valence-corrected chi connectivity index (χ4v) is 3.43. The monoisotopic (exact) mass is 263 g/mol. The zero-order valence-electron chi connectivity index (χ0n) is 10.8. The molecule has 1 atom stereocenters. The van der Waals surface area contributed by atoms with E-state index in [2.05, 4.69) is 5.16 Å². The van der Waals surface area contributed by atoms with Gasteiger partial charge in [-0.15, -0.1) is 0 Å². The van der Waals surface area contributed by atoms with E-state index < -0.39 is 10.2 Å².